The highest BCUT2D eigenvalue weighted by atomic mass is 31.2. The van der Waals surface area contributed by atoms with Gasteiger partial charge in [-0.25, -0.2) is 9.13 Å². The van der Waals surface area contributed by atoms with Crippen molar-refractivity contribution in [2.24, 2.45) is 0 Å². The number of rotatable bonds is 38. The fourth-order valence-corrected chi connectivity index (χ4v) is 7.90. The van der Waals surface area contributed by atoms with Gasteiger partial charge in [-0.15, -0.1) is 0 Å². The normalized spacial score (nSPS) is 14.3. The molecule has 2 heterocycles. The van der Waals surface area contributed by atoms with Crippen molar-refractivity contribution >= 4 is 25.6 Å². The Labute approximate surface area is 353 Å². The summed E-state index contributed by atoms with van der Waals surface area (Å²) in [5.74, 6) is 0.209. The van der Waals surface area contributed by atoms with Gasteiger partial charge >= 0.3 is 19.8 Å². The van der Waals surface area contributed by atoms with Gasteiger partial charge in [0, 0.05) is 18.9 Å². The van der Waals surface area contributed by atoms with Crippen LogP contribution >= 0.6 is 7.82 Å². The third-order valence-corrected chi connectivity index (χ3v) is 11.7. The number of phosphoric ester groups is 1. The van der Waals surface area contributed by atoms with E-state index >= 15 is 0 Å². The molecule has 0 spiro atoms. The van der Waals surface area contributed by atoms with Crippen LogP contribution in [0.5, 0.6) is 0 Å². The minimum atomic E-state index is -4.46. The number of unbranched alkanes of at least 4 members (excludes halogenated alkanes) is 20. The molecular formula is C47H82N2O8P+. The standard InChI is InChI=1S/C47H81N2O8P/c1-4-6-8-10-12-14-16-18-19-21-22-24-26-28-30-32-46(50)54-41-44(57-47(51)33-31-29-27-25-23-20-17-15-13-11-9-7-5-2)42-56-58(52,53)55-39-38-48-36-37-49-40-43(3)34-35-45(48)49/h12,14,18-19,34-35,40,44H,4-11,13,15-17,20-33,36-39,41-42H2,1-3H3/p+1/b14-12-,19-18-. The fourth-order valence-electron chi connectivity index (χ4n) is 7.16. The fraction of sp³-hybridized carbons (Fsp3) is 0.766. The predicted molar refractivity (Wildman–Crippen MR) is 236 cm³/mol. The third-order valence-electron chi connectivity index (χ3n) is 10.7. The van der Waals surface area contributed by atoms with Gasteiger partial charge in [0.15, 0.2) is 6.10 Å². The Morgan fingerprint density at radius 3 is 1.88 bits per heavy atom. The number of allylic oxidation sites excluding steroid dienone is 4. The van der Waals surface area contributed by atoms with Gasteiger partial charge in [0.1, 0.15) is 26.2 Å². The molecule has 0 radical (unpaired) electrons. The van der Waals surface area contributed by atoms with Crippen LogP contribution in [0.3, 0.4) is 0 Å². The van der Waals surface area contributed by atoms with Crippen LogP contribution < -0.4 is 9.47 Å². The first-order chi connectivity index (χ1) is 28.2. The highest BCUT2D eigenvalue weighted by molar-refractivity contribution is 7.47. The zero-order chi connectivity index (χ0) is 41.9. The minimum Gasteiger partial charge on any atom is -0.462 e. The van der Waals surface area contributed by atoms with E-state index in [0.717, 1.165) is 76.7 Å². The lowest BCUT2D eigenvalue weighted by atomic mass is 10.0. The predicted octanol–water partition coefficient (Wildman–Crippen LogP) is 12.0. The maximum Gasteiger partial charge on any atom is 0.472 e. The van der Waals surface area contributed by atoms with Crippen molar-refractivity contribution in [1.82, 2.24) is 0 Å². The van der Waals surface area contributed by atoms with Crippen LogP contribution in [0, 0.1) is 6.92 Å². The van der Waals surface area contributed by atoms with E-state index in [9.17, 15) is 19.0 Å². The van der Waals surface area contributed by atoms with Crippen LogP contribution in [-0.2, 0) is 39.2 Å². The SMILES string of the molecule is CCCCC/C=C\C/C=C\CCCCCCCC(=O)OCC(COP(=O)(O)OCCN1CC[n+]2cc(C)ccc21)OC(=O)CCCCCCCCCCCCCCC. The van der Waals surface area contributed by atoms with Crippen LogP contribution in [0.1, 0.15) is 186 Å². The highest BCUT2D eigenvalue weighted by Gasteiger charge is 2.30. The number of nitrogens with zero attached hydrogens (tertiary/aromatic N) is 2. The van der Waals surface area contributed by atoms with Crippen molar-refractivity contribution in [3.8, 4) is 0 Å². The van der Waals surface area contributed by atoms with Gasteiger partial charge in [-0.3, -0.25) is 23.5 Å². The summed E-state index contributed by atoms with van der Waals surface area (Å²) >= 11 is 0. The lowest BCUT2D eigenvalue weighted by molar-refractivity contribution is -0.671. The Hall–Kier alpha value is -2.52. The maximum atomic E-state index is 12.8. The van der Waals surface area contributed by atoms with Gasteiger partial charge < -0.3 is 14.4 Å². The molecule has 1 aromatic heterocycles. The molecule has 2 unspecified atom stereocenters. The number of carbonyl (C=O) groups is 2. The molecule has 10 nitrogen and oxygen atoms in total. The molecule has 0 fully saturated rings. The van der Waals surface area contributed by atoms with E-state index in [1.807, 2.05) is 19.1 Å². The van der Waals surface area contributed by atoms with Crippen molar-refractivity contribution in [3.63, 3.8) is 0 Å². The summed E-state index contributed by atoms with van der Waals surface area (Å²) in [7, 11) is -4.46. The van der Waals surface area contributed by atoms with Crippen LogP contribution in [0.2, 0.25) is 0 Å². The van der Waals surface area contributed by atoms with E-state index in [2.05, 4.69) is 53.8 Å². The first kappa shape index (κ1) is 51.6. The molecule has 1 aliphatic heterocycles. The van der Waals surface area contributed by atoms with E-state index in [0.29, 0.717) is 13.0 Å². The average Bonchev–Trinajstić information content (AvgIpc) is 3.60. The number of fused-ring (bicyclic) bond motifs is 1. The van der Waals surface area contributed by atoms with Crippen molar-refractivity contribution < 1.29 is 42.1 Å². The zero-order valence-electron chi connectivity index (χ0n) is 36.9. The quantitative estimate of drug-likeness (QED) is 0.0228. The number of pyridine rings is 1. The molecule has 1 aliphatic rings. The van der Waals surface area contributed by atoms with E-state index < -0.39 is 26.5 Å². The summed E-state index contributed by atoms with van der Waals surface area (Å²) in [5, 5.41) is 0. The second-order valence-electron chi connectivity index (χ2n) is 16.1. The number of carbonyl (C=O) groups excluding carboxylic acids is 2. The second-order valence-corrected chi connectivity index (χ2v) is 17.6. The Morgan fingerprint density at radius 1 is 0.724 bits per heavy atom. The number of ether oxygens (including phenoxy) is 2. The van der Waals surface area contributed by atoms with Crippen molar-refractivity contribution in [3.05, 3.63) is 48.2 Å². The zero-order valence-corrected chi connectivity index (χ0v) is 37.8. The van der Waals surface area contributed by atoms with Crippen LogP contribution in [-0.4, -0.2) is 55.8 Å². The maximum absolute atomic E-state index is 12.8. The molecule has 0 saturated heterocycles. The Bertz CT molecular complexity index is 1320. The number of phosphoric acid groups is 1. The van der Waals surface area contributed by atoms with Crippen LogP contribution in [0.4, 0.5) is 5.82 Å². The summed E-state index contributed by atoms with van der Waals surface area (Å²) < 4.78 is 36.6. The monoisotopic (exact) mass is 834 g/mol. The van der Waals surface area contributed by atoms with E-state index in [1.54, 1.807) is 0 Å². The number of aryl methyl sites for hydroxylation is 1. The number of anilines is 1. The summed E-state index contributed by atoms with van der Waals surface area (Å²) in [6.45, 7) is 7.87. The summed E-state index contributed by atoms with van der Waals surface area (Å²) in [6, 6.07) is 4.07. The number of hydrogen-bond donors (Lipinski definition) is 1. The smallest absolute Gasteiger partial charge is 0.462 e. The largest absolute Gasteiger partial charge is 0.472 e. The lowest BCUT2D eigenvalue weighted by Gasteiger charge is -2.20. The highest BCUT2D eigenvalue weighted by Crippen LogP contribution is 2.43. The van der Waals surface area contributed by atoms with Crippen LogP contribution in [0.15, 0.2) is 42.6 Å². The topological polar surface area (TPSA) is 115 Å². The number of esters is 2. The minimum absolute atomic E-state index is 0.0201. The molecule has 11 heteroatoms. The molecular weight excluding hydrogens is 751 g/mol. The molecule has 0 aliphatic carbocycles. The molecule has 0 saturated carbocycles. The first-order valence-electron chi connectivity index (χ1n) is 23.3. The van der Waals surface area contributed by atoms with Gasteiger partial charge in [-0.05, 0) is 63.5 Å². The van der Waals surface area contributed by atoms with Crippen molar-refractivity contribution in [1.29, 1.82) is 0 Å². The van der Waals surface area contributed by atoms with Gasteiger partial charge in [-0.2, -0.15) is 0 Å². The summed E-state index contributed by atoms with van der Waals surface area (Å²) in [4.78, 5) is 37.9. The third kappa shape index (κ3) is 27.3. The second kappa shape index (κ2) is 34.2. The van der Waals surface area contributed by atoms with E-state index in [-0.39, 0.29) is 32.0 Å². The van der Waals surface area contributed by atoms with Gasteiger partial charge in [0.25, 0.3) is 5.82 Å². The average molecular weight is 834 g/mol. The summed E-state index contributed by atoms with van der Waals surface area (Å²) in [6.07, 6.45) is 38.4. The Kier molecular flexibility index (Phi) is 30.5. The number of hydrogen-bond acceptors (Lipinski definition) is 8. The molecule has 1 N–H and O–H groups in total. The van der Waals surface area contributed by atoms with Gasteiger partial charge in [0.2, 0.25) is 0 Å². The Morgan fingerprint density at radius 2 is 1.26 bits per heavy atom. The van der Waals surface area contributed by atoms with Gasteiger partial charge in [0.05, 0.1) is 19.4 Å². The van der Waals surface area contributed by atoms with Gasteiger partial charge in [-0.1, -0.05) is 147 Å². The lowest BCUT2D eigenvalue weighted by Crippen LogP contribution is -2.31. The molecule has 0 aromatic carbocycles. The molecule has 1 aromatic rings. The molecule has 332 valence electrons. The van der Waals surface area contributed by atoms with Crippen molar-refractivity contribution in [2.45, 2.75) is 200 Å². The van der Waals surface area contributed by atoms with E-state index in [4.69, 9.17) is 18.5 Å². The molecule has 2 atom stereocenters. The van der Waals surface area contributed by atoms with E-state index in [1.165, 1.54) is 95.5 Å². The molecule has 0 amide bonds. The molecule has 0 bridgehead atoms. The summed E-state index contributed by atoms with van der Waals surface area (Å²) in [5.41, 5.74) is 1.17. The number of aromatic nitrogens is 1. The van der Waals surface area contributed by atoms with Crippen molar-refractivity contribution in [2.75, 3.05) is 37.8 Å². The Balaban J connectivity index is 1.68. The molecule has 58 heavy (non-hydrogen) atoms. The molecule has 2 rings (SSSR count). The first-order valence-corrected chi connectivity index (χ1v) is 24.8. The van der Waals surface area contributed by atoms with Crippen LogP contribution in [0.25, 0.3) is 0 Å².